The first kappa shape index (κ1) is 14.3. The van der Waals surface area contributed by atoms with Gasteiger partial charge in [-0.15, -0.1) is 0 Å². The normalized spacial score (nSPS) is 12.3. The van der Waals surface area contributed by atoms with E-state index in [1.807, 2.05) is 0 Å². The number of carbonyl (C=O) groups is 1. The lowest BCUT2D eigenvalue weighted by Gasteiger charge is -2.19. The van der Waals surface area contributed by atoms with Gasteiger partial charge in [-0.2, -0.15) is 4.39 Å². The molecule has 0 aromatic heterocycles. The first-order valence-electron chi connectivity index (χ1n) is 5.13. The van der Waals surface area contributed by atoms with Gasteiger partial charge in [0.15, 0.2) is 17.4 Å². The number of rotatable bonds is 3. The second-order valence-electron chi connectivity index (χ2n) is 4.05. The van der Waals surface area contributed by atoms with E-state index in [9.17, 15) is 18.0 Å². The Hall–Kier alpha value is -1.76. The van der Waals surface area contributed by atoms with E-state index in [1.165, 1.54) is 7.05 Å². The lowest BCUT2D eigenvalue weighted by Crippen LogP contribution is -2.37. The number of nitrogens with zero attached hydrogens (tertiary/aromatic N) is 1. The zero-order valence-corrected chi connectivity index (χ0v) is 9.88. The van der Waals surface area contributed by atoms with Crippen molar-refractivity contribution in [2.45, 2.75) is 13.0 Å². The van der Waals surface area contributed by atoms with Crippen LogP contribution < -0.4 is 5.73 Å². The van der Waals surface area contributed by atoms with Crippen LogP contribution in [0.5, 0.6) is 5.75 Å². The third-order valence-corrected chi connectivity index (χ3v) is 2.27. The molecule has 7 heteroatoms. The van der Waals surface area contributed by atoms with Gasteiger partial charge in [-0.1, -0.05) is 0 Å². The molecule has 0 spiro atoms. The van der Waals surface area contributed by atoms with Crippen molar-refractivity contribution in [1.82, 2.24) is 4.90 Å². The molecule has 0 aliphatic rings. The Kier molecular flexibility index (Phi) is 4.18. The smallest absolute Gasteiger partial charge is 0.256 e. The molecule has 4 nitrogen and oxygen atoms in total. The van der Waals surface area contributed by atoms with Crippen molar-refractivity contribution >= 4 is 5.91 Å². The number of hydrogen-bond donors (Lipinski definition) is 2. The number of benzene rings is 1. The summed E-state index contributed by atoms with van der Waals surface area (Å²) in [6, 6.07) is 0.0469. The SMILES string of the molecule is CC(N)CN(C)C(=O)c1cc(F)c(F)c(O)c1F. The molecule has 0 saturated carbocycles. The summed E-state index contributed by atoms with van der Waals surface area (Å²) in [7, 11) is 1.34. The number of carbonyl (C=O) groups excluding carboxylic acids is 1. The molecule has 3 N–H and O–H groups in total. The molecule has 1 rings (SSSR count). The second-order valence-corrected chi connectivity index (χ2v) is 4.05. The minimum atomic E-state index is -1.72. The predicted octanol–water partition coefficient (Wildman–Crippen LogP) is 1.23. The van der Waals surface area contributed by atoms with Crippen molar-refractivity contribution in [2.24, 2.45) is 5.73 Å². The van der Waals surface area contributed by atoms with Crippen molar-refractivity contribution < 1.29 is 23.1 Å². The summed E-state index contributed by atoms with van der Waals surface area (Å²) in [5, 5.41) is 9.00. The maximum atomic E-state index is 13.5. The molecule has 0 heterocycles. The van der Waals surface area contributed by atoms with Gasteiger partial charge in [-0.25, -0.2) is 8.78 Å². The molecule has 0 aliphatic carbocycles. The molecule has 1 aromatic carbocycles. The summed E-state index contributed by atoms with van der Waals surface area (Å²) in [6.45, 7) is 1.74. The Balaban J connectivity index is 3.14. The summed E-state index contributed by atoms with van der Waals surface area (Å²) >= 11 is 0. The second kappa shape index (κ2) is 5.26. The Labute approximate surface area is 102 Å². The Morgan fingerprint density at radius 2 is 2.00 bits per heavy atom. The Morgan fingerprint density at radius 1 is 1.44 bits per heavy atom. The van der Waals surface area contributed by atoms with E-state index in [0.29, 0.717) is 6.07 Å². The number of amides is 1. The monoisotopic (exact) mass is 262 g/mol. The molecule has 1 atom stereocenters. The average molecular weight is 262 g/mol. The highest BCUT2D eigenvalue weighted by atomic mass is 19.2. The number of hydrogen-bond acceptors (Lipinski definition) is 3. The van der Waals surface area contributed by atoms with Gasteiger partial charge >= 0.3 is 0 Å². The van der Waals surface area contributed by atoms with Crippen LogP contribution in [-0.2, 0) is 0 Å². The minimum Gasteiger partial charge on any atom is -0.503 e. The van der Waals surface area contributed by atoms with Crippen LogP contribution in [0.25, 0.3) is 0 Å². The summed E-state index contributed by atoms with van der Waals surface area (Å²) in [4.78, 5) is 12.8. The molecule has 1 aromatic rings. The van der Waals surface area contributed by atoms with E-state index >= 15 is 0 Å². The first-order valence-corrected chi connectivity index (χ1v) is 5.13. The van der Waals surface area contributed by atoms with E-state index in [-0.39, 0.29) is 12.6 Å². The van der Waals surface area contributed by atoms with E-state index in [4.69, 9.17) is 10.8 Å². The highest BCUT2D eigenvalue weighted by molar-refractivity contribution is 5.94. The molecule has 0 fully saturated rings. The molecule has 100 valence electrons. The quantitative estimate of drug-likeness (QED) is 0.805. The van der Waals surface area contributed by atoms with Gasteiger partial charge in [0, 0.05) is 19.6 Å². The molecular weight excluding hydrogens is 249 g/mol. The van der Waals surface area contributed by atoms with Gasteiger partial charge in [-0.3, -0.25) is 4.79 Å². The number of phenols is 1. The highest BCUT2D eigenvalue weighted by Gasteiger charge is 2.24. The van der Waals surface area contributed by atoms with Crippen LogP contribution in [0.1, 0.15) is 17.3 Å². The summed E-state index contributed by atoms with van der Waals surface area (Å²) in [5.74, 6) is -7.10. The van der Waals surface area contributed by atoms with Crippen molar-refractivity contribution in [2.75, 3.05) is 13.6 Å². The molecule has 0 saturated heterocycles. The Morgan fingerprint density at radius 3 is 2.50 bits per heavy atom. The molecule has 0 radical (unpaired) electrons. The largest absolute Gasteiger partial charge is 0.503 e. The summed E-state index contributed by atoms with van der Waals surface area (Å²) < 4.78 is 39.3. The van der Waals surface area contributed by atoms with E-state index in [2.05, 4.69) is 0 Å². The van der Waals surface area contributed by atoms with Gasteiger partial charge < -0.3 is 15.7 Å². The first-order chi connectivity index (χ1) is 8.25. The van der Waals surface area contributed by atoms with E-state index in [0.717, 1.165) is 4.90 Å². The summed E-state index contributed by atoms with van der Waals surface area (Å²) in [5.41, 5.74) is 4.72. The zero-order valence-electron chi connectivity index (χ0n) is 9.88. The highest BCUT2D eigenvalue weighted by Crippen LogP contribution is 2.26. The molecule has 1 amide bonds. The third kappa shape index (κ3) is 2.73. The van der Waals surface area contributed by atoms with Crippen molar-refractivity contribution in [3.05, 3.63) is 29.1 Å². The molecule has 1 unspecified atom stereocenters. The van der Waals surface area contributed by atoms with Gasteiger partial charge in [0.2, 0.25) is 5.82 Å². The van der Waals surface area contributed by atoms with Gasteiger partial charge in [0.05, 0.1) is 5.56 Å². The van der Waals surface area contributed by atoms with Crippen LogP contribution in [-0.4, -0.2) is 35.5 Å². The standard InChI is InChI=1S/C11H13F3N2O2/c1-5(15)4-16(2)11(18)6-3-7(12)9(14)10(17)8(6)13/h3,5,17H,4,15H2,1-2H3. The lowest BCUT2D eigenvalue weighted by atomic mass is 10.1. The third-order valence-electron chi connectivity index (χ3n) is 2.27. The fourth-order valence-electron chi connectivity index (χ4n) is 1.47. The van der Waals surface area contributed by atoms with Crippen LogP contribution in [0.4, 0.5) is 13.2 Å². The van der Waals surface area contributed by atoms with Crippen LogP contribution in [0.15, 0.2) is 6.07 Å². The minimum absolute atomic E-state index is 0.109. The number of likely N-dealkylation sites (N-methyl/N-ethyl adjacent to an activating group) is 1. The van der Waals surface area contributed by atoms with Gasteiger partial charge in [-0.05, 0) is 13.0 Å². The number of nitrogens with two attached hydrogens (primary N) is 1. The number of halogens is 3. The molecular formula is C11H13F3N2O2. The van der Waals surface area contributed by atoms with Gasteiger partial charge in [0.25, 0.3) is 5.91 Å². The van der Waals surface area contributed by atoms with Gasteiger partial charge in [0.1, 0.15) is 0 Å². The molecule has 18 heavy (non-hydrogen) atoms. The van der Waals surface area contributed by atoms with E-state index in [1.54, 1.807) is 6.92 Å². The van der Waals surface area contributed by atoms with Crippen LogP contribution in [0.2, 0.25) is 0 Å². The fourth-order valence-corrected chi connectivity index (χ4v) is 1.47. The van der Waals surface area contributed by atoms with Crippen LogP contribution in [0.3, 0.4) is 0 Å². The molecule has 0 bridgehead atoms. The number of aromatic hydroxyl groups is 1. The maximum absolute atomic E-state index is 13.5. The van der Waals surface area contributed by atoms with Crippen molar-refractivity contribution in [3.8, 4) is 5.75 Å². The average Bonchev–Trinajstić information content (AvgIpc) is 2.29. The Bertz CT molecular complexity index is 478. The number of phenolic OH excluding ortho intramolecular Hbond substituents is 1. The fraction of sp³-hybridized carbons (Fsp3) is 0.364. The maximum Gasteiger partial charge on any atom is 0.256 e. The van der Waals surface area contributed by atoms with Crippen molar-refractivity contribution in [1.29, 1.82) is 0 Å². The van der Waals surface area contributed by atoms with Crippen LogP contribution >= 0.6 is 0 Å². The van der Waals surface area contributed by atoms with Crippen molar-refractivity contribution in [3.63, 3.8) is 0 Å². The zero-order chi connectivity index (χ0) is 14.0. The van der Waals surface area contributed by atoms with E-state index < -0.39 is 34.7 Å². The predicted molar refractivity (Wildman–Crippen MR) is 58.6 cm³/mol. The van der Waals surface area contributed by atoms with Crippen LogP contribution in [0, 0.1) is 17.5 Å². The lowest BCUT2D eigenvalue weighted by molar-refractivity contribution is 0.0782. The molecule has 0 aliphatic heterocycles. The summed E-state index contributed by atoms with van der Waals surface area (Å²) in [6.07, 6.45) is 0. The topological polar surface area (TPSA) is 66.6 Å².